The Morgan fingerprint density at radius 1 is 1.22 bits per heavy atom. The van der Waals surface area contributed by atoms with Gasteiger partial charge in [0.25, 0.3) is 0 Å². The van der Waals surface area contributed by atoms with Crippen LogP contribution < -0.4 is 10.5 Å². The van der Waals surface area contributed by atoms with E-state index in [1.54, 1.807) is 6.26 Å². The van der Waals surface area contributed by atoms with E-state index in [2.05, 4.69) is 26.0 Å². The van der Waals surface area contributed by atoms with Crippen LogP contribution in [0.5, 0.6) is 5.75 Å². The monoisotopic (exact) mass is 245 g/mol. The van der Waals surface area contributed by atoms with E-state index in [0.717, 1.165) is 17.1 Å². The minimum absolute atomic E-state index is 0.432. The zero-order chi connectivity index (χ0) is 13.0. The van der Waals surface area contributed by atoms with Gasteiger partial charge in [-0.05, 0) is 29.7 Å². The molecule has 0 aliphatic carbocycles. The molecule has 0 aliphatic heterocycles. The Labute approximate surface area is 108 Å². The number of furan rings is 1. The molecule has 1 aromatic heterocycles. The molecular formula is C15H19NO2. The van der Waals surface area contributed by atoms with Gasteiger partial charge in [-0.25, -0.2) is 0 Å². The summed E-state index contributed by atoms with van der Waals surface area (Å²) in [6, 6.07) is 10.1. The van der Waals surface area contributed by atoms with E-state index in [0.29, 0.717) is 19.1 Å². The Morgan fingerprint density at radius 3 is 2.50 bits per heavy atom. The van der Waals surface area contributed by atoms with E-state index < -0.39 is 0 Å². The van der Waals surface area contributed by atoms with E-state index in [-0.39, 0.29) is 0 Å². The molecule has 0 bridgehead atoms. The van der Waals surface area contributed by atoms with Crippen molar-refractivity contribution in [3.05, 3.63) is 53.5 Å². The molecule has 0 saturated heterocycles. The van der Waals surface area contributed by atoms with Gasteiger partial charge in [-0.15, -0.1) is 0 Å². The first-order valence-corrected chi connectivity index (χ1v) is 6.18. The molecule has 0 fully saturated rings. The van der Waals surface area contributed by atoms with Crippen LogP contribution in [0.1, 0.15) is 36.7 Å². The Bertz CT molecular complexity index is 485. The minimum Gasteiger partial charge on any atom is -0.486 e. The highest BCUT2D eigenvalue weighted by molar-refractivity contribution is 5.29. The second-order valence-corrected chi connectivity index (χ2v) is 4.64. The molecule has 18 heavy (non-hydrogen) atoms. The zero-order valence-electron chi connectivity index (χ0n) is 10.8. The highest BCUT2D eigenvalue weighted by Crippen LogP contribution is 2.19. The van der Waals surface area contributed by atoms with Crippen LogP contribution in [0.15, 0.2) is 41.0 Å². The quantitative estimate of drug-likeness (QED) is 0.877. The van der Waals surface area contributed by atoms with Gasteiger partial charge in [0.1, 0.15) is 18.1 Å². The molecule has 3 nitrogen and oxygen atoms in total. The molecule has 2 rings (SSSR count). The summed E-state index contributed by atoms with van der Waals surface area (Å²) >= 11 is 0. The van der Waals surface area contributed by atoms with Crippen molar-refractivity contribution in [2.75, 3.05) is 0 Å². The number of nitrogens with two attached hydrogens (primary N) is 1. The Balaban J connectivity index is 1.93. The number of hydrogen-bond donors (Lipinski definition) is 1. The molecule has 2 N–H and O–H groups in total. The summed E-state index contributed by atoms with van der Waals surface area (Å²) in [5.74, 6) is 2.18. The highest BCUT2D eigenvalue weighted by Gasteiger charge is 2.03. The lowest BCUT2D eigenvalue weighted by Crippen LogP contribution is -1.95. The first kappa shape index (κ1) is 12.7. The third-order valence-electron chi connectivity index (χ3n) is 2.87. The summed E-state index contributed by atoms with van der Waals surface area (Å²) in [5, 5.41) is 0. The van der Waals surface area contributed by atoms with Crippen molar-refractivity contribution in [1.29, 1.82) is 0 Å². The third-order valence-corrected chi connectivity index (χ3v) is 2.87. The maximum atomic E-state index is 5.65. The predicted octanol–water partition coefficient (Wildman–Crippen LogP) is 3.44. The van der Waals surface area contributed by atoms with Gasteiger partial charge in [0.15, 0.2) is 0 Å². The topological polar surface area (TPSA) is 48.4 Å². The van der Waals surface area contributed by atoms with E-state index >= 15 is 0 Å². The van der Waals surface area contributed by atoms with Gasteiger partial charge in [-0.2, -0.15) is 0 Å². The van der Waals surface area contributed by atoms with Gasteiger partial charge in [0.05, 0.1) is 6.26 Å². The van der Waals surface area contributed by atoms with Crippen molar-refractivity contribution in [2.24, 2.45) is 5.73 Å². The summed E-state index contributed by atoms with van der Waals surface area (Å²) in [6.07, 6.45) is 1.67. The van der Waals surface area contributed by atoms with Crippen molar-refractivity contribution in [1.82, 2.24) is 0 Å². The lowest BCUT2D eigenvalue weighted by atomic mass is 10.0. The van der Waals surface area contributed by atoms with E-state index in [1.807, 2.05) is 18.2 Å². The van der Waals surface area contributed by atoms with Crippen LogP contribution in [-0.4, -0.2) is 0 Å². The molecule has 96 valence electrons. The highest BCUT2D eigenvalue weighted by atomic mass is 16.5. The van der Waals surface area contributed by atoms with Crippen LogP contribution >= 0.6 is 0 Å². The normalized spacial score (nSPS) is 10.9. The molecule has 0 spiro atoms. The summed E-state index contributed by atoms with van der Waals surface area (Å²) in [7, 11) is 0. The molecule has 3 heteroatoms. The lowest BCUT2D eigenvalue weighted by molar-refractivity contribution is 0.270. The van der Waals surface area contributed by atoms with E-state index in [1.165, 1.54) is 5.56 Å². The number of ether oxygens (including phenoxy) is 1. The molecular weight excluding hydrogens is 226 g/mol. The first-order valence-electron chi connectivity index (χ1n) is 6.18. The largest absolute Gasteiger partial charge is 0.486 e. The number of benzene rings is 1. The van der Waals surface area contributed by atoms with Crippen molar-refractivity contribution >= 4 is 0 Å². The zero-order valence-corrected chi connectivity index (χ0v) is 10.8. The Hall–Kier alpha value is -1.74. The molecule has 0 radical (unpaired) electrons. The van der Waals surface area contributed by atoms with Gasteiger partial charge >= 0.3 is 0 Å². The van der Waals surface area contributed by atoms with Crippen molar-refractivity contribution in [2.45, 2.75) is 32.9 Å². The standard InChI is InChI=1S/C15H19NO2/c1-11(2)13-3-5-14(6-4-13)18-10-15-7-12(8-16)9-17-15/h3-7,9,11H,8,10,16H2,1-2H3. The molecule has 1 heterocycles. The molecule has 0 atom stereocenters. The molecule has 0 aliphatic rings. The Kier molecular flexibility index (Phi) is 4.05. The lowest BCUT2D eigenvalue weighted by Gasteiger charge is -2.07. The van der Waals surface area contributed by atoms with Crippen LogP contribution in [0.3, 0.4) is 0 Å². The first-order chi connectivity index (χ1) is 8.69. The number of rotatable bonds is 5. The van der Waals surface area contributed by atoms with Gasteiger partial charge < -0.3 is 14.9 Å². The van der Waals surface area contributed by atoms with E-state index in [9.17, 15) is 0 Å². The van der Waals surface area contributed by atoms with Gasteiger partial charge in [0, 0.05) is 12.1 Å². The van der Waals surface area contributed by atoms with Crippen LogP contribution in [0, 0.1) is 0 Å². The summed E-state index contributed by atoms with van der Waals surface area (Å²) < 4.78 is 11.0. The van der Waals surface area contributed by atoms with E-state index in [4.69, 9.17) is 14.9 Å². The van der Waals surface area contributed by atoms with Crippen molar-refractivity contribution in [3.63, 3.8) is 0 Å². The molecule has 0 unspecified atom stereocenters. The maximum Gasteiger partial charge on any atom is 0.146 e. The summed E-state index contributed by atoms with van der Waals surface area (Å²) in [5.41, 5.74) is 7.82. The fraction of sp³-hybridized carbons (Fsp3) is 0.333. The second kappa shape index (κ2) is 5.74. The fourth-order valence-electron chi connectivity index (χ4n) is 1.71. The molecule has 0 saturated carbocycles. The average Bonchev–Trinajstić information content (AvgIpc) is 2.85. The van der Waals surface area contributed by atoms with Gasteiger partial charge in [-0.3, -0.25) is 0 Å². The summed E-state index contributed by atoms with van der Waals surface area (Å²) in [6.45, 7) is 5.27. The second-order valence-electron chi connectivity index (χ2n) is 4.64. The summed E-state index contributed by atoms with van der Waals surface area (Å²) in [4.78, 5) is 0. The molecule has 0 amide bonds. The third kappa shape index (κ3) is 3.14. The van der Waals surface area contributed by atoms with Crippen LogP contribution in [0.25, 0.3) is 0 Å². The average molecular weight is 245 g/mol. The number of hydrogen-bond acceptors (Lipinski definition) is 3. The SMILES string of the molecule is CC(C)c1ccc(OCc2cc(CN)co2)cc1. The van der Waals surface area contributed by atoms with Crippen LogP contribution in [-0.2, 0) is 13.2 Å². The van der Waals surface area contributed by atoms with Gasteiger partial charge in [0.2, 0.25) is 0 Å². The minimum atomic E-state index is 0.432. The van der Waals surface area contributed by atoms with Crippen LogP contribution in [0.4, 0.5) is 0 Å². The smallest absolute Gasteiger partial charge is 0.146 e. The fourth-order valence-corrected chi connectivity index (χ4v) is 1.71. The maximum absolute atomic E-state index is 5.65. The molecule has 1 aromatic carbocycles. The Morgan fingerprint density at radius 2 is 1.94 bits per heavy atom. The van der Waals surface area contributed by atoms with Crippen LogP contribution in [0.2, 0.25) is 0 Å². The predicted molar refractivity (Wildman–Crippen MR) is 71.5 cm³/mol. The van der Waals surface area contributed by atoms with Gasteiger partial charge in [-0.1, -0.05) is 26.0 Å². The van der Waals surface area contributed by atoms with Crippen molar-refractivity contribution < 1.29 is 9.15 Å². The van der Waals surface area contributed by atoms with Crippen molar-refractivity contribution in [3.8, 4) is 5.75 Å². The molecule has 2 aromatic rings.